The van der Waals surface area contributed by atoms with Crippen LogP contribution in [0.3, 0.4) is 0 Å². The third-order valence-electron chi connectivity index (χ3n) is 10.1. The van der Waals surface area contributed by atoms with Gasteiger partial charge in [-0.1, -0.05) is 152 Å². The number of hydrogen-bond donors (Lipinski definition) is 0. The lowest BCUT2D eigenvalue weighted by Crippen LogP contribution is -2.10. The molecule has 0 spiro atoms. The van der Waals surface area contributed by atoms with E-state index in [1.54, 1.807) is 0 Å². The Balaban J connectivity index is 1.14. The molecule has 0 saturated heterocycles. The number of nitrogens with zero attached hydrogens (tertiary/aromatic N) is 1. The zero-order valence-corrected chi connectivity index (χ0v) is 28.1. The third kappa shape index (κ3) is 4.69. The molecule has 234 valence electrons. The molecule has 1 heterocycles. The van der Waals surface area contributed by atoms with Crippen LogP contribution in [0.15, 0.2) is 188 Å². The maximum Gasteiger partial charge on any atom is 0.0640 e. The molecule has 1 nitrogen and oxygen atoms in total. The molecule has 2 heteroatoms. The Morgan fingerprint density at radius 1 is 0.340 bits per heavy atom. The van der Waals surface area contributed by atoms with Crippen LogP contribution in [0.4, 0.5) is 17.1 Å². The maximum atomic E-state index is 2.42. The molecule has 0 fully saturated rings. The first-order valence-corrected chi connectivity index (χ1v) is 17.9. The second-order valence-electron chi connectivity index (χ2n) is 12.9. The summed E-state index contributed by atoms with van der Waals surface area (Å²) in [7, 11) is 0. The lowest BCUT2D eigenvalue weighted by molar-refractivity contribution is 1.30. The minimum Gasteiger partial charge on any atom is -0.309 e. The molecule has 0 atom stereocenters. The van der Waals surface area contributed by atoms with Gasteiger partial charge in [-0.25, -0.2) is 0 Å². The van der Waals surface area contributed by atoms with Crippen molar-refractivity contribution < 1.29 is 0 Å². The standard InChI is InChI=1S/C48H31NS/c1-2-10-32(11-3-1)33-20-26-37(27-21-33)49(45-18-9-17-44-42-15-6-7-19-46(42)50-48(44)45)38-28-22-35(23-29-38)40-16-8-13-36-25-30-41-39-14-5-4-12-34(39)24-31-43(41)47(36)40/h1-31H. The fourth-order valence-corrected chi connectivity index (χ4v) is 8.88. The van der Waals surface area contributed by atoms with Crippen LogP contribution in [0.25, 0.3) is 74.7 Å². The molecule has 0 amide bonds. The van der Waals surface area contributed by atoms with Gasteiger partial charge in [-0.2, -0.15) is 0 Å². The van der Waals surface area contributed by atoms with Crippen LogP contribution in [0.2, 0.25) is 0 Å². The Bertz CT molecular complexity index is 2850. The van der Waals surface area contributed by atoms with Crippen molar-refractivity contribution in [2.24, 2.45) is 0 Å². The quantitative estimate of drug-likeness (QED) is 0.167. The molecule has 9 aromatic carbocycles. The molecule has 10 rings (SSSR count). The van der Waals surface area contributed by atoms with E-state index in [0.29, 0.717) is 0 Å². The molecule has 0 bridgehead atoms. The summed E-state index contributed by atoms with van der Waals surface area (Å²) in [5.74, 6) is 0. The summed E-state index contributed by atoms with van der Waals surface area (Å²) in [6.07, 6.45) is 0. The van der Waals surface area contributed by atoms with Crippen LogP contribution in [0.1, 0.15) is 0 Å². The van der Waals surface area contributed by atoms with E-state index in [1.165, 1.54) is 80.4 Å². The summed E-state index contributed by atoms with van der Waals surface area (Å²) in [5.41, 5.74) is 8.33. The van der Waals surface area contributed by atoms with Gasteiger partial charge >= 0.3 is 0 Å². The van der Waals surface area contributed by atoms with Gasteiger partial charge in [0, 0.05) is 26.8 Å². The minimum atomic E-state index is 1.13. The highest BCUT2D eigenvalue weighted by Gasteiger charge is 2.19. The maximum absolute atomic E-state index is 2.42. The van der Waals surface area contributed by atoms with E-state index in [-0.39, 0.29) is 0 Å². The first-order valence-electron chi connectivity index (χ1n) is 17.1. The van der Waals surface area contributed by atoms with E-state index >= 15 is 0 Å². The molecule has 0 N–H and O–H groups in total. The molecule has 1 aromatic heterocycles. The monoisotopic (exact) mass is 653 g/mol. The number of rotatable bonds is 5. The van der Waals surface area contributed by atoms with Gasteiger partial charge < -0.3 is 4.90 Å². The highest BCUT2D eigenvalue weighted by molar-refractivity contribution is 7.26. The average molecular weight is 654 g/mol. The highest BCUT2D eigenvalue weighted by Crippen LogP contribution is 2.45. The Labute approximate surface area is 294 Å². The van der Waals surface area contributed by atoms with E-state index in [4.69, 9.17) is 0 Å². The van der Waals surface area contributed by atoms with Crippen LogP contribution in [0.5, 0.6) is 0 Å². The van der Waals surface area contributed by atoms with Gasteiger partial charge in [0.15, 0.2) is 0 Å². The van der Waals surface area contributed by atoms with Gasteiger partial charge in [-0.05, 0) is 91.0 Å². The number of fused-ring (bicyclic) bond motifs is 8. The van der Waals surface area contributed by atoms with Gasteiger partial charge in [0.05, 0.1) is 10.4 Å². The van der Waals surface area contributed by atoms with Gasteiger partial charge in [0.2, 0.25) is 0 Å². The van der Waals surface area contributed by atoms with Crippen LogP contribution >= 0.6 is 11.3 Å². The molecule has 0 aliphatic rings. The zero-order valence-electron chi connectivity index (χ0n) is 27.3. The Morgan fingerprint density at radius 2 is 0.940 bits per heavy atom. The summed E-state index contributed by atoms with van der Waals surface area (Å²) in [6, 6.07) is 68.7. The molecule has 0 radical (unpaired) electrons. The summed E-state index contributed by atoms with van der Waals surface area (Å²) < 4.78 is 2.60. The lowest BCUT2D eigenvalue weighted by Gasteiger charge is -2.26. The SMILES string of the molecule is c1ccc(-c2ccc(N(c3ccc(-c4cccc5ccc6c7ccccc7ccc6c45)cc3)c3cccc4c3sc3ccccc34)cc2)cc1. The van der Waals surface area contributed by atoms with Crippen molar-refractivity contribution in [3.63, 3.8) is 0 Å². The van der Waals surface area contributed by atoms with Gasteiger partial charge in [-0.15, -0.1) is 11.3 Å². The Hall–Kier alpha value is -6.22. The Morgan fingerprint density at radius 3 is 1.76 bits per heavy atom. The summed E-state index contributed by atoms with van der Waals surface area (Å²) in [5, 5.41) is 10.3. The predicted molar refractivity (Wildman–Crippen MR) is 217 cm³/mol. The van der Waals surface area contributed by atoms with Crippen molar-refractivity contribution in [1.29, 1.82) is 0 Å². The van der Waals surface area contributed by atoms with E-state index in [9.17, 15) is 0 Å². The van der Waals surface area contributed by atoms with E-state index < -0.39 is 0 Å². The van der Waals surface area contributed by atoms with Gasteiger partial charge in [0.1, 0.15) is 0 Å². The molecule has 0 saturated carbocycles. The first kappa shape index (κ1) is 28.8. The van der Waals surface area contributed by atoms with Crippen molar-refractivity contribution in [1.82, 2.24) is 0 Å². The second kappa shape index (κ2) is 11.7. The van der Waals surface area contributed by atoms with Crippen LogP contribution < -0.4 is 4.90 Å². The smallest absolute Gasteiger partial charge is 0.0640 e. The fourth-order valence-electron chi connectivity index (χ4n) is 7.68. The number of benzene rings is 9. The topological polar surface area (TPSA) is 3.24 Å². The van der Waals surface area contributed by atoms with Gasteiger partial charge in [0.25, 0.3) is 0 Å². The van der Waals surface area contributed by atoms with E-state index in [2.05, 4.69) is 193 Å². The molecule has 10 aromatic rings. The molecular weight excluding hydrogens is 623 g/mol. The van der Waals surface area contributed by atoms with Crippen molar-refractivity contribution >= 4 is 80.9 Å². The van der Waals surface area contributed by atoms with Crippen molar-refractivity contribution in [3.05, 3.63) is 188 Å². The third-order valence-corrected chi connectivity index (χ3v) is 11.3. The minimum absolute atomic E-state index is 1.13. The molecule has 50 heavy (non-hydrogen) atoms. The van der Waals surface area contributed by atoms with Crippen molar-refractivity contribution in [3.8, 4) is 22.3 Å². The van der Waals surface area contributed by atoms with Crippen molar-refractivity contribution in [2.45, 2.75) is 0 Å². The van der Waals surface area contributed by atoms with E-state index in [1.807, 2.05) is 11.3 Å². The second-order valence-corrected chi connectivity index (χ2v) is 14.0. The zero-order chi connectivity index (χ0) is 33.0. The first-order chi connectivity index (χ1) is 24.8. The van der Waals surface area contributed by atoms with Crippen LogP contribution in [-0.4, -0.2) is 0 Å². The normalized spacial score (nSPS) is 11.6. The van der Waals surface area contributed by atoms with Crippen molar-refractivity contribution in [2.75, 3.05) is 4.90 Å². The number of anilines is 3. The number of thiophene rings is 1. The Kier molecular flexibility index (Phi) is 6.75. The number of hydrogen-bond acceptors (Lipinski definition) is 2. The van der Waals surface area contributed by atoms with Crippen LogP contribution in [-0.2, 0) is 0 Å². The average Bonchev–Trinajstić information content (AvgIpc) is 3.58. The largest absolute Gasteiger partial charge is 0.309 e. The molecule has 0 aliphatic heterocycles. The van der Waals surface area contributed by atoms with Crippen LogP contribution in [0, 0.1) is 0 Å². The summed E-state index contributed by atoms with van der Waals surface area (Å²) in [4.78, 5) is 2.42. The summed E-state index contributed by atoms with van der Waals surface area (Å²) in [6.45, 7) is 0. The summed E-state index contributed by atoms with van der Waals surface area (Å²) >= 11 is 1.87. The van der Waals surface area contributed by atoms with E-state index in [0.717, 1.165) is 11.4 Å². The van der Waals surface area contributed by atoms with Gasteiger partial charge in [-0.3, -0.25) is 0 Å². The molecular formula is C48H31NS. The predicted octanol–water partition coefficient (Wildman–Crippen LogP) is 14.3. The lowest BCUT2D eigenvalue weighted by atomic mass is 9.91. The fraction of sp³-hybridized carbons (Fsp3) is 0. The molecule has 0 aliphatic carbocycles. The highest BCUT2D eigenvalue weighted by atomic mass is 32.1. The molecule has 0 unspecified atom stereocenters.